The zero-order valence-corrected chi connectivity index (χ0v) is 13.5. The SMILES string of the molecule is O=C(COc1ccc(Cl)cc1)NNC(=O)Cc1ccc(Cl)cc1. The Hall–Kier alpha value is -2.24. The topological polar surface area (TPSA) is 67.4 Å². The fourth-order valence-electron chi connectivity index (χ4n) is 1.69. The van der Waals surface area contributed by atoms with Gasteiger partial charge >= 0.3 is 0 Å². The minimum absolute atomic E-state index is 0.134. The van der Waals surface area contributed by atoms with Crippen LogP contribution in [-0.4, -0.2) is 18.4 Å². The molecule has 2 aromatic carbocycles. The first-order valence-corrected chi connectivity index (χ1v) is 7.49. The van der Waals surface area contributed by atoms with Crippen LogP contribution < -0.4 is 15.6 Å². The first-order chi connectivity index (χ1) is 11.0. The van der Waals surface area contributed by atoms with Gasteiger partial charge in [0.1, 0.15) is 5.75 Å². The lowest BCUT2D eigenvalue weighted by Crippen LogP contribution is -2.44. The molecular weight excluding hydrogens is 339 g/mol. The van der Waals surface area contributed by atoms with Gasteiger partial charge in [-0.3, -0.25) is 20.4 Å². The van der Waals surface area contributed by atoms with Crippen LogP contribution in [0.4, 0.5) is 0 Å². The number of ether oxygens (including phenoxy) is 1. The van der Waals surface area contributed by atoms with Crippen molar-refractivity contribution >= 4 is 35.0 Å². The molecule has 0 aromatic heterocycles. The summed E-state index contributed by atoms with van der Waals surface area (Å²) in [6, 6.07) is 13.5. The molecule has 0 unspecified atom stereocenters. The van der Waals surface area contributed by atoms with Gasteiger partial charge < -0.3 is 4.74 Å². The molecule has 0 spiro atoms. The summed E-state index contributed by atoms with van der Waals surface area (Å²) in [5, 5.41) is 1.18. The molecule has 0 heterocycles. The summed E-state index contributed by atoms with van der Waals surface area (Å²) in [7, 11) is 0. The average molecular weight is 353 g/mol. The number of carbonyl (C=O) groups excluding carboxylic acids is 2. The van der Waals surface area contributed by atoms with Crippen LogP contribution in [0.15, 0.2) is 48.5 Å². The highest BCUT2D eigenvalue weighted by molar-refractivity contribution is 6.30. The standard InChI is InChI=1S/C16H14Cl2N2O3/c17-12-3-1-11(2-4-12)9-15(21)19-20-16(22)10-23-14-7-5-13(18)6-8-14/h1-8H,9-10H2,(H,19,21)(H,20,22). The van der Waals surface area contributed by atoms with E-state index in [0.717, 1.165) is 5.56 Å². The van der Waals surface area contributed by atoms with Crippen LogP contribution in [0, 0.1) is 0 Å². The van der Waals surface area contributed by atoms with Crippen LogP contribution in [0.2, 0.25) is 10.0 Å². The Morgan fingerprint density at radius 2 is 1.35 bits per heavy atom. The maximum Gasteiger partial charge on any atom is 0.276 e. The van der Waals surface area contributed by atoms with Crippen LogP contribution in [0.25, 0.3) is 0 Å². The van der Waals surface area contributed by atoms with Gasteiger partial charge in [0.05, 0.1) is 6.42 Å². The van der Waals surface area contributed by atoms with E-state index >= 15 is 0 Å². The van der Waals surface area contributed by atoms with Crippen molar-refractivity contribution in [2.24, 2.45) is 0 Å². The van der Waals surface area contributed by atoms with Crippen molar-refractivity contribution < 1.29 is 14.3 Å². The minimum atomic E-state index is -0.468. The lowest BCUT2D eigenvalue weighted by Gasteiger charge is -2.09. The van der Waals surface area contributed by atoms with Crippen molar-refractivity contribution in [1.82, 2.24) is 10.9 Å². The number of carbonyl (C=O) groups is 2. The van der Waals surface area contributed by atoms with Crippen LogP contribution in [0.5, 0.6) is 5.75 Å². The van der Waals surface area contributed by atoms with E-state index in [1.54, 1.807) is 48.5 Å². The molecule has 2 aromatic rings. The number of rotatable bonds is 5. The molecule has 0 atom stereocenters. The summed E-state index contributed by atoms with van der Waals surface area (Å²) < 4.78 is 5.25. The molecular formula is C16H14Cl2N2O3. The highest BCUT2D eigenvalue weighted by Crippen LogP contribution is 2.15. The molecule has 120 valence electrons. The highest BCUT2D eigenvalue weighted by Gasteiger charge is 2.06. The normalized spacial score (nSPS) is 10.0. The van der Waals surface area contributed by atoms with Gasteiger partial charge in [0.25, 0.3) is 5.91 Å². The monoisotopic (exact) mass is 352 g/mol. The first kappa shape index (κ1) is 17.1. The second kappa shape index (κ2) is 8.41. The molecule has 0 bridgehead atoms. The number of amides is 2. The maximum atomic E-state index is 11.7. The van der Waals surface area contributed by atoms with Crippen molar-refractivity contribution in [3.05, 3.63) is 64.1 Å². The Morgan fingerprint density at radius 1 is 0.826 bits per heavy atom. The first-order valence-electron chi connectivity index (χ1n) is 6.73. The van der Waals surface area contributed by atoms with Crippen molar-refractivity contribution in [2.75, 3.05) is 6.61 Å². The van der Waals surface area contributed by atoms with Gasteiger partial charge in [0.15, 0.2) is 6.61 Å². The molecule has 0 fully saturated rings. The summed E-state index contributed by atoms with van der Waals surface area (Å²) >= 11 is 11.5. The molecule has 0 saturated heterocycles. The van der Waals surface area contributed by atoms with E-state index in [2.05, 4.69) is 10.9 Å². The van der Waals surface area contributed by atoms with Gasteiger partial charge in [-0.1, -0.05) is 35.3 Å². The fourth-order valence-corrected chi connectivity index (χ4v) is 1.94. The molecule has 0 saturated carbocycles. The second-order valence-corrected chi connectivity index (χ2v) is 5.52. The molecule has 2 rings (SSSR count). The van der Waals surface area contributed by atoms with E-state index in [1.165, 1.54) is 0 Å². The van der Waals surface area contributed by atoms with Crippen LogP contribution >= 0.6 is 23.2 Å². The zero-order chi connectivity index (χ0) is 16.7. The number of hydrazine groups is 1. The van der Waals surface area contributed by atoms with Gasteiger partial charge in [0.2, 0.25) is 5.91 Å². The number of hydrogen-bond acceptors (Lipinski definition) is 3. The van der Waals surface area contributed by atoms with E-state index in [9.17, 15) is 9.59 Å². The smallest absolute Gasteiger partial charge is 0.276 e. The Balaban J connectivity index is 1.70. The number of halogens is 2. The zero-order valence-electron chi connectivity index (χ0n) is 12.0. The second-order valence-electron chi connectivity index (χ2n) is 4.64. The summed E-state index contributed by atoms with van der Waals surface area (Å²) in [5.74, 6) is -0.298. The van der Waals surface area contributed by atoms with Gasteiger partial charge in [0, 0.05) is 10.0 Å². The van der Waals surface area contributed by atoms with Gasteiger partial charge in [-0.15, -0.1) is 0 Å². The molecule has 2 N–H and O–H groups in total. The van der Waals surface area contributed by atoms with E-state index in [-0.39, 0.29) is 18.9 Å². The van der Waals surface area contributed by atoms with E-state index in [0.29, 0.717) is 15.8 Å². The highest BCUT2D eigenvalue weighted by atomic mass is 35.5. The van der Waals surface area contributed by atoms with Crippen LogP contribution in [0.3, 0.4) is 0 Å². The summed E-state index contributed by atoms with van der Waals surface area (Å²) in [6.07, 6.45) is 0.134. The van der Waals surface area contributed by atoms with Crippen molar-refractivity contribution in [3.63, 3.8) is 0 Å². The Labute approximate surface area is 143 Å². The summed E-state index contributed by atoms with van der Waals surface area (Å²) in [5.41, 5.74) is 5.39. The molecule has 7 heteroatoms. The van der Waals surface area contributed by atoms with Gasteiger partial charge in [-0.25, -0.2) is 0 Å². The molecule has 0 aliphatic heterocycles. The number of benzene rings is 2. The van der Waals surface area contributed by atoms with Crippen molar-refractivity contribution in [3.8, 4) is 5.75 Å². The fraction of sp³-hybridized carbons (Fsp3) is 0.125. The van der Waals surface area contributed by atoms with E-state index < -0.39 is 5.91 Å². The average Bonchev–Trinajstić information content (AvgIpc) is 2.54. The van der Waals surface area contributed by atoms with Gasteiger partial charge in [-0.2, -0.15) is 0 Å². The molecule has 23 heavy (non-hydrogen) atoms. The molecule has 0 aliphatic carbocycles. The van der Waals surface area contributed by atoms with Crippen LogP contribution in [-0.2, 0) is 16.0 Å². The van der Waals surface area contributed by atoms with Crippen molar-refractivity contribution in [1.29, 1.82) is 0 Å². The lowest BCUT2D eigenvalue weighted by molar-refractivity contribution is -0.129. The molecule has 5 nitrogen and oxygen atoms in total. The van der Waals surface area contributed by atoms with Gasteiger partial charge in [-0.05, 0) is 42.0 Å². The molecule has 0 radical (unpaired) electrons. The van der Waals surface area contributed by atoms with Crippen LogP contribution in [0.1, 0.15) is 5.56 Å². The lowest BCUT2D eigenvalue weighted by atomic mass is 10.1. The predicted octanol–water partition coefficient (Wildman–Crippen LogP) is 2.76. The Kier molecular flexibility index (Phi) is 6.26. The summed E-state index contributed by atoms with van der Waals surface area (Å²) in [6.45, 7) is -0.219. The molecule has 2 amide bonds. The quantitative estimate of drug-likeness (QED) is 0.813. The summed E-state index contributed by atoms with van der Waals surface area (Å²) in [4.78, 5) is 23.3. The third kappa shape index (κ3) is 6.18. The number of hydrogen-bond donors (Lipinski definition) is 2. The minimum Gasteiger partial charge on any atom is -0.484 e. The Morgan fingerprint density at radius 3 is 1.96 bits per heavy atom. The number of nitrogens with one attached hydrogen (secondary N) is 2. The van der Waals surface area contributed by atoms with E-state index in [4.69, 9.17) is 27.9 Å². The maximum absolute atomic E-state index is 11.7. The molecule has 0 aliphatic rings. The third-order valence-electron chi connectivity index (χ3n) is 2.80. The van der Waals surface area contributed by atoms with E-state index in [1.807, 2.05) is 0 Å². The predicted molar refractivity (Wildman–Crippen MR) is 88.4 cm³/mol. The Bertz CT molecular complexity index is 673. The largest absolute Gasteiger partial charge is 0.484 e. The van der Waals surface area contributed by atoms with Crippen molar-refractivity contribution in [2.45, 2.75) is 6.42 Å². The third-order valence-corrected chi connectivity index (χ3v) is 3.31.